The molecule has 7 heteroatoms. The maximum absolute atomic E-state index is 12.8. The SMILES string of the molecule is O=C(Nc1ccc2c(c1)OCO2)[C@H]1C[C@@H]2CN(Cc3cccnc3)C[C@H]1O2. The van der Waals surface area contributed by atoms with Gasteiger partial charge in [0.25, 0.3) is 0 Å². The van der Waals surface area contributed by atoms with Crippen LogP contribution in [0.2, 0.25) is 0 Å². The first-order valence-corrected chi connectivity index (χ1v) is 9.22. The molecule has 5 rings (SSSR count). The van der Waals surface area contributed by atoms with Crippen molar-refractivity contribution in [2.24, 2.45) is 5.92 Å². The molecule has 1 N–H and O–H groups in total. The van der Waals surface area contributed by atoms with E-state index in [1.54, 1.807) is 12.3 Å². The van der Waals surface area contributed by atoms with Gasteiger partial charge in [-0.25, -0.2) is 0 Å². The number of nitrogens with one attached hydrogen (secondary N) is 1. The predicted molar refractivity (Wildman–Crippen MR) is 97.5 cm³/mol. The minimum absolute atomic E-state index is 0.00425. The number of pyridine rings is 1. The summed E-state index contributed by atoms with van der Waals surface area (Å²) in [7, 11) is 0. The van der Waals surface area contributed by atoms with Crippen molar-refractivity contribution in [3.05, 3.63) is 48.3 Å². The van der Waals surface area contributed by atoms with E-state index < -0.39 is 0 Å². The average molecular weight is 367 g/mol. The molecule has 0 saturated carbocycles. The Kier molecular flexibility index (Phi) is 4.18. The van der Waals surface area contributed by atoms with Crippen LogP contribution in [-0.2, 0) is 16.1 Å². The quantitative estimate of drug-likeness (QED) is 0.892. The van der Waals surface area contributed by atoms with E-state index in [0.717, 1.165) is 31.7 Å². The molecular formula is C20H21N3O4. The lowest BCUT2D eigenvalue weighted by Gasteiger charge is -2.32. The summed E-state index contributed by atoms with van der Waals surface area (Å²) in [4.78, 5) is 19.4. The third kappa shape index (κ3) is 3.36. The van der Waals surface area contributed by atoms with Gasteiger partial charge in [-0.05, 0) is 30.2 Å². The number of rotatable bonds is 4. The van der Waals surface area contributed by atoms with Crippen molar-refractivity contribution in [1.29, 1.82) is 0 Å². The van der Waals surface area contributed by atoms with Gasteiger partial charge in [0.05, 0.1) is 18.1 Å². The second-order valence-corrected chi connectivity index (χ2v) is 7.25. The highest BCUT2D eigenvalue weighted by atomic mass is 16.7. The highest BCUT2D eigenvalue weighted by Crippen LogP contribution is 2.36. The van der Waals surface area contributed by atoms with Gasteiger partial charge in [-0.3, -0.25) is 14.7 Å². The smallest absolute Gasteiger partial charge is 0.231 e. The lowest BCUT2D eigenvalue weighted by Crippen LogP contribution is -2.44. The summed E-state index contributed by atoms with van der Waals surface area (Å²) in [5.41, 5.74) is 1.90. The molecule has 2 saturated heterocycles. The van der Waals surface area contributed by atoms with E-state index >= 15 is 0 Å². The van der Waals surface area contributed by atoms with Crippen LogP contribution in [0.25, 0.3) is 0 Å². The number of hydrogen-bond donors (Lipinski definition) is 1. The summed E-state index contributed by atoms with van der Waals surface area (Å²) >= 11 is 0. The molecule has 1 amide bonds. The molecule has 1 aromatic heterocycles. The second kappa shape index (κ2) is 6.83. The van der Waals surface area contributed by atoms with Gasteiger partial charge in [-0.1, -0.05) is 6.07 Å². The van der Waals surface area contributed by atoms with Gasteiger partial charge in [0.2, 0.25) is 12.7 Å². The van der Waals surface area contributed by atoms with Crippen LogP contribution in [0.4, 0.5) is 5.69 Å². The van der Waals surface area contributed by atoms with Crippen molar-refractivity contribution in [3.63, 3.8) is 0 Å². The lowest BCUT2D eigenvalue weighted by molar-refractivity contribution is -0.123. The topological polar surface area (TPSA) is 72.9 Å². The third-order valence-corrected chi connectivity index (χ3v) is 5.34. The van der Waals surface area contributed by atoms with Gasteiger partial charge in [0.15, 0.2) is 11.5 Å². The average Bonchev–Trinajstić information content (AvgIpc) is 3.26. The molecule has 1 aromatic carbocycles. The number of anilines is 1. The van der Waals surface area contributed by atoms with Gasteiger partial charge < -0.3 is 19.5 Å². The zero-order chi connectivity index (χ0) is 18.2. The number of ether oxygens (including phenoxy) is 3. The first-order valence-electron chi connectivity index (χ1n) is 9.22. The number of likely N-dealkylation sites (tertiary alicyclic amines) is 1. The summed E-state index contributed by atoms with van der Waals surface area (Å²) in [5.74, 6) is 1.24. The Labute approximate surface area is 157 Å². The Morgan fingerprint density at radius 3 is 3.04 bits per heavy atom. The molecule has 140 valence electrons. The zero-order valence-corrected chi connectivity index (χ0v) is 14.8. The van der Waals surface area contributed by atoms with E-state index in [-0.39, 0.29) is 30.8 Å². The van der Waals surface area contributed by atoms with Crippen LogP contribution < -0.4 is 14.8 Å². The molecular weight excluding hydrogens is 346 g/mol. The Bertz CT molecular complexity index is 844. The molecule has 3 atom stereocenters. The molecule has 4 heterocycles. The van der Waals surface area contributed by atoms with Crippen LogP contribution >= 0.6 is 0 Å². The summed E-state index contributed by atoms with van der Waals surface area (Å²) in [5, 5.41) is 3.01. The number of carbonyl (C=O) groups excluding carboxylic acids is 1. The summed E-state index contributed by atoms with van der Waals surface area (Å²) < 4.78 is 16.7. The van der Waals surface area contributed by atoms with Crippen LogP contribution in [0, 0.1) is 5.92 Å². The van der Waals surface area contributed by atoms with Crippen LogP contribution in [0.1, 0.15) is 12.0 Å². The molecule has 0 aliphatic carbocycles. The van der Waals surface area contributed by atoms with Crippen LogP contribution in [0.3, 0.4) is 0 Å². The number of carbonyl (C=O) groups is 1. The second-order valence-electron chi connectivity index (χ2n) is 7.25. The number of fused-ring (bicyclic) bond motifs is 3. The van der Waals surface area contributed by atoms with Crippen LogP contribution in [0.5, 0.6) is 11.5 Å². The highest BCUT2D eigenvalue weighted by Gasteiger charge is 2.44. The van der Waals surface area contributed by atoms with E-state index in [1.165, 1.54) is 5.56 Å². The minimum atomic E-state index is -0.140. The molecule has 2 bridgehead atoms. The van der Waals surface area contributed by atoms with Gasteiger partial charge in [-0.2, -0.15) is 0 Å². The Morgan fingerprint density at radius 1 is 1.22 bits per heavy atom. The number of benzene rings is 1. The normalized spacial score (nSPS) is 26.1. The number of hydrogen-bond acceptors (Lipinski definition) is 6. The van der Waals surface area contributed by atoms with Crippen molar-refractivity contribution < 1.29 is 19.0 Å². The Balaban J connectivity index is 1.23. The standard InChI is InChI=1S/C20H21N3O4/c24-20(22-14-3-4-17-18(6-14)26-12-25-17)16-7-15-10-23(11-19(16)27-15)9-13-2-1-5-21-8-13/h1-6,8,15-16,19H,7,9-12H2,(H,22,24)/t15-,16+,19-/m1/s1. The van der Waals surface area contributed by atoms with E-state index in [4.69, 9.17) is 14.2 Å². The van der Waals surface area contributed by atoms with Crippen LogP contribution in [-0.4, -0.2) is 47.9 Å². The van der Waals surface area contributed by atoms with Gasteiger partial charge in [-0.15, -0.1) is 0 Å². The van der Waals surface area contributed by atoms with Crippen molar-refractivity contribution in [1.82, 2.24) is 9.88 Å². The van der Waals surface area contributed by atoms with Crippen molar-refractivity contribution in [2.75, 3.05) is 25.2 Å². The summed E-state index contributed by atoms with van der Waals surface area (Å²) in [6.45, 7) is 2.66. The Morgan fingerprint density at radius 2 is 2.15 bits per heavy atom. The molecule has 0 spiro atoms. The summed E-state index contributed by atoms with van der Waals surface area (Å²) in [6, 6.07) is 9.48. The van der Waals surface area contributed by atoms with Gasteiger partial charge in [0.1, 0.15) is 0 Å². The molecule has 7 nitrogen and oxygen atoms in total. The van der Waals surface area contributed by atoms with Crippen molar-refractivity contribution in [3.8, 4) is 11.5 Å². The molecule has 3 aliphatic rings. The number of nitrogens with zero attached hydrogens (tertiary/aromatic N) is 2. The number of aromatic nitrogens is 1. The first-order chi connectivity index (χ1) is 13.2. The molecule has 27 heavy (non-hydrogen) atoms. The molecule has 2 fully saturated rings. The van der Waals surface area contributed by atoms with Gasteiger partial charge >= 0.3 is 0 Å². The third-order valence-electron chi connectivity index (χ3n) is 5.34. The predicted octanol–water partition coefficient (Wildman–Crippen LogP) is 2.04. The van der Waals surface area contributed by atoms with E-state index in [0.29, 0.717) is 11.5 Å². The molecule has 0 unspecified atom stereocenters. The number of amides is 1. The highest BCUT2D eigenvalue weighted by molar-refractivity contribution is 5.93. The van der Waals surface area contributed by atoms with Crippen molar-refractivity contribution in [2.45, 2.75) is 25.2 Å². The largest absolute Gasteiger partial charge is 0.454 e. The fraction of sp³-hybridized carbons (Fsp3) is 0.400. The molecule has 0 radical (unpaired) electrons. The van der Waals surface area contributed by atoms with E-state index in [9.17, 15) is 4.79 Å². The zero-order valence-electron chi connectivity index (χ0n) is 14.8. The maximum atomic E-state index is 12.8. The lowest BCUT2D eigenvalue weighted by atomic mass is 9.99. The van der Waals surface area contributed by atoms with E-state index in [2.05, 4.69) is 21.3 Å². The fourth-order valence-corrected chi connectivity index (χ4v) is 4.10. The van der Waals surface area contributed by atoms with Crippen LogP contribution in [0.15, 0.2) is 42.7 Å². The van der Waals surface area contributed by atoms with Crippen molar-refractivity contribution >= 4 is 11.6 Å². The van der Waals surface area contributed by atoms with Gasteiger partial charge in [0, 0.05) is 43.8 Å². The summed E-state index contributed by atoms with van der Waals surface area (Å²) in [6.07, 6.45) is 4.46. The van der Waals surface area contributed by atoms with E-state index in [1.807, 2.05) is 24.4 Å². The Hall–Kier alpha value is -2.64. The fourth-order valence-electron chi connectivity index (χ4n) is 4.10. The maximum Gasteiger partial charge on any atom is 0.231 e. The number of morpholine rings is 1. The monoisotopic (exact) mass is 367 g/mol. The minimum Gasteiger partial charge on any atom is -0.454 e. The molecule has 3 aliphatic heterocycles. The first kappa shape index (κ1) is 16.5. The molecule has 2 aromatic rings.